The van der Waals surface area contributed by atoms with Crippen LogP contribution < -0.4 is 10.6 Å². The van der Waals surface area contributed by atoms with Gasteiger partial charge in [-0.2, -0.15) is 13.2 Å². The number of anilines is 1. The van der Waals surface area contributed by atoms with Crippen molar-refractivity contribution in [3.8, 4) is 0 Å². The maximum absolute atomic E-state index is 13.1. The van der Waals surface area contributed by atoms with Gasteiger partial charge in [-0.3, -0.25) is 0 Å². The molecule has 0 radical (unpaired) electrons. The standard InChI is InChI=1S/C13H15F3N2OS/c1-19-9-4-5-18(7-9)8-2-3-10(12(17)20)11(6-8)13(14,15)16/h2-3,6,9H,4-5,7H2,1H3,(H2,17,20). The van der Waals surface area contributed by atoms with Crippen molar-refractivity contribution in [2.75, 3.05) is 25.1 Å². The summed E-state index contributed by atoms with van der Waals surface area (Å²) >= 11 is 4.68. The van der Waals surface area contributed by atoms with E-state index in [4.69, 9.17) is 10.5 Å². The van der Waals surface area contributed by atoms with Crippen LogP contribution in [-0.2, 0) is 10.9 Å². The molecule has 1 unspecified atom stereocenters. The highest BCUT2D eigenvalue weighted by molar-refractivity contribution is 7.80. The summed E-state index contributed by atoms with van der Waals surface area (Å²) < 4.78 is 44.4. The highest BCUT2D eigenvalue weighted by Gasteiger charge is 2.35. The molecule has 2 rings (SSSR count). The van der Waals surface area contributed by atoms with Gasteiger partial charge in [0.25, 0.3) is 0 Å². The fourth-order valence-electron chi connectivity index (χ4n) is 2.33. The van der Waals surface area contributed by atoms with E-state index >= 15 is 0 Å². The van der Waals surface area contributed by atoms with Gasteiger partial charge in [-0.15, -0.1) is 0 Å². The van der Waals surface area contributed by atoms with E-state index in [2.05, 4.69) is 12.2 Å². The minimum atomic E-state index is -4.48. The summed E-state index contributed by atoms with van der Waals surface area (Å²) in [6, 6.07) is 4.05. The Kier molecular flexibility index (Phi) is 4.19. The van der Waals surface area contributed by atoms with Crippen LogP contribution in [0.4, 0.5) is 18.9 Å². The maximum Gasteiger partial charge on any atom is 0.417 e. The molecule has 1 heterocycles. The number of nitrogens with zero attached hydrogens (tertiary/aromatic N) is 1. The molecule has 1 aliphatic rings. The van der Waals surface area contributed by atoms with Crippen molar-refractivity contribution in [1.82, 2.24) is 0 Å². The Morgan fingerprint density at radius 1 is 1.45 bits per heavy atom. The third-order valence-electron chi connectivity index (χ3n) is 3.42. The minimum absolute atomic E-state index is 0.0552. The molecule has 1 atom stereocenters. The number of thiocarbonyl (C=S) groups is 1. The van der Waals surface area contributed by atoms with Gasteiger partial charge in [-0.25, -0.2) is 0 Å². The van der Waals surface area contributed by atoms with Gasteiger partial charge in [0.15, 0.2) is 0 Å². The number of alkyl halides is 3. The maximum atomic E-state index is 13.1. The number of rotatable bonds is 3. The average molecular weight is 304 g/mol. The number of hydrogen-bond donors (Lipinski definition) is 1. The van der Waals surface area contributed by atoms with Crippen LogP contribution in [0, 0.1) is 0 Å². The molecule has 1 aliphatic heterocycles. The minimum Gasteiger partial charge on any atom is -0.389 e. The van der Waals surface area contributed by atoms with E-state index in [9.17, 15) is 13.2 Å². The highest BCUT2D eigenvalue weighted by Crippen LogP contribution is 2.35. The van der Waals surface area contributed by atoms with Crippen molar-refractivity contribution < 1.29 is 17.9 Å². The van der Waals surface area contributed by atoms with Crippen LogP contribution in [0.2, 0.25) is 0 Å². The zero-order valence-corrected chi connectivity index (χ0v) is 11.7. The van der Waals surface area contributed by atoms with E-state index in [1.165, 1.54) is 6.07 Å². The Morgan fingerprint density at radius 3 is 2.65 bits per heavy atom. The zero-order valence-electron chi connectivity index (χ0n) is 10.9. The number of benzene rings is 1. The molecule has 1 saturated heterocycles. The first-order valence-corrected chi connectivity index (χ1v) is 6.52. The van der Waals surface area contributed by atoms with Crippen molar-refractivity contribution in [2.45, 2.75) is 18.7 Å². The lowest BCUT2D eigenvalue weighted by Gasteiger charge is -2.21. The molecule has 0 bridgehead atoms. The van der Waals surface area contributed by atoms with Gasteiger partial charge in [0.1, 0.15) is 4.99 Å². The molecule has 1 aromatic carbocycles. The summed E-state index contributed by atoms with van der Waals surface area (Å²) in [6.07, 6.45) is -3.62. The van der Waals surface area contributed by atoms with Crippen LogP contribution in [0.5, 0.6) is 0 Å². The van der Waals surface area contributed by atoms with Crippen LogP contribution in [-0.4, -0.2) is 31.3 Å². The topological polar surface area (TPSA) is 38.5 Å². The number of methoxy groups -OCH3 is 1. The summed E-state index contributed by atoms with van der Waals surface area (Å²) in [5, 5.41) is 0. The fourth-order valence-corrected chi connectivity index (χ4v) is 2.51. The molecule has 1 aromatic rings. The van der Waals surface area contributed by atoms with Crippen molar-refractivity contribution in [1.29, 1.82) is 0 Å². The van der Waals surface area contributed by atoms with E-state index in [0.29, 0.717) is 18.8 Å². The monoisotopic (exact) mass is 304 g/mol. The Bertz CT molecular complexity index is 519. The number of hydrogen-bond acceptors (Lipinski definition) is 3. The average Bonchev–Trinajstić information content (AvgIpc) is 2.85. The van der Waals surface area contributed by atoms with E-state index in [1.807, 2.05) is 4.90 Å². The summed E-state index contributed by atoms with van der Waals surface area (Å²) in [7, 11) is 1.60. The van der Waals surface area contributed by atoms with Gasteiger partial charge < -0.3 is 15.4 Å². The third-order valence-corrected chi connectivity index (χ3v) is 3.64. The summed E-state index contributed by atoms with van der Waals surface area (Å²) in [6.45, 7) is 1.25. The zero-order chi connectivity index (χ0) is 14.9. The lowest BCUT2D eigenvalue weighted by molar-refractivity contribution is -0.137. The van der Waals surface area contributed by atoms with E-state index in [0.717, 1.165) is 12.5 Å². The van der Waals surface area contributed by atoms with Crippen LogP contribution in [0.1, 0.15) is 17.5 Å². The fraction of sp³-hybridized carbons (Fsp3) is 0.462. The van der Waals surface area contributed by atoms with Crippen molar-refractivity contribution in [3.63, 3.8) is 0 Å². The van der Waals surface area contributed by atoms with Crippen molar-refractivity contribution >= 4 is 22.9 Å². The van der Waals surface area contributed by atoms with Crippen LogP contribution in [0.15, 0.2) is 18.2 Å². The molecule has 3 nitrogen and oxygen atoms in total. The van der Waals surface area contributed by atoms with Gasteiger partial charge in [0.2, 0.25) is 0 Å². The van der Waals surface area contributed by atoms with Crippen LogP contribution in [0.3, 0.4) is 0 Å². The molecule has 20 heavy (non-hydrogen) atoms. The number of nitrogens with two attached hydrogens (primary N) is 1. The van der Waals surface area contributed by atoms with E-state index < -0.39 is 11.7 Å². The van der Waals surface area contributed by atoms with Gasteiger partial charge in [0.05, 0.1) is 11.7 Å². The number of ether oxygens (including phenoxy) is 1. The largest absolute Gasteiger partial charge is 0.417 e. The predicted octanol–water partition coefficient (Wildman–Crippen LogP) is 2.56. The predicted molar refractivity (Wildman–Crippen MR) is 75.0 cm³/mol. The van der Waals surface area contributed by atoms with E-state index in [-0.39, 0.29) is 16.7 Å². The molecule has 0 aromatic heterocycles. The smallest absolute Gasteiger partial charge is 0.389 e. The highest BCUT2D eigenvalue weighted by atomic mass is 32.1. The molecular weight excluding hydrogens is 289 g/mol. The quantitative estimate of drug-likeness (QED) is 0.871. The molecule has 1 fully saturated rings. The van der Waals surface area contributed by atoms with Gasteiger partial charge in [-0.05, 0) is 24.6 Å². The second kappa shape index (κ2) is 5.57. The van der Waals surface area contributed by atoms with Gasteiger partial charge in [-0.1, -0.05) is 12.2 Å². The van der Waals surface area contributed by atoms with E-state index in [1.54, 1.807) is 13.2 Å². The molecule has 110 valence electrons. The molecule has 2 N–H and O–H groups in total. The SMILES string of the molecule is COC1CCN(c2ccc(C(N)=S)c(C(F)(F)F)c2)C1. The molecule has 0 amide bonds. The van der Waals surface area contributed by atoms with Crippen molar-refractivity contribution in [2.24, 2.45) is 5.73 Å². The first kappa shape index (κ1) is 15.1. The van der Waals surface area contributed by atoms with Crippen LogP contribution in [0.25, 0.3) is 0 Å². The first-order valence-electron chi connectivity index (χ1n) is 6.11. The normalized spacial score (nSPS) is 19.4. The molecule has 0 aliphatic carbocycles. The number of halogens is 3. The van der Waals surface area contributed by atoms with Crippen molar-refractivity contribution in [3.05, 3.63) is 29.3 Å². The summed E-state index contributed by atoms with van der Waals surface area (Å²) in [4.78, 5) is 1.62. The molecule has 0 spiro atoms. The Balaban J connectivity index is 2.35. The first-order chi connectivity index (χ1) is 9.32. The lowest BCUT2D eigenvalue weighted by atomic mass is 10.1. The van der Waals surface area contributed by atoms with Gasteiger partial charge in [0, 0.05) is 31.5 Å². The molecule has 0 saturated carbocycles. The summed E-state index contributed by atoms with van der Waals surface area (Å²) in [5.41, 5.74) is 4.94. The second-order valence-corrected chi connectivity index (χ2v) is 5.12. The Labute approximate surface area is 120 Å². The third kappa shape index (κ3) is 3.04. The Morgan fingerprint density at radius 2 is 2.15 bits per heavy atom. The summed E-state index contributed by atoms with van der Waals surface area (Å²) in [5.74, 6) is 0. The lowest BCUT2D eigenvalue weighted by Crippen LogP contribution is -2.24. The Hall–Kier alpha value is -1.34. The molecular formula is C13H15F3N2OS. The van der Waals surface area contributed by atoms with Gasteiger partial charge >= 0.3 is 6.18 Å². The van der Waals surface area contributed by atoms with Crippen LogP contribution >= 0.6 is 12.2 Å². The second-order valence-electron chi connectivity index (χ2n) is 4.68. The molecule has 7 heteroatoms.